The zero-order chi connectivity index (χ0) is 24.7. The summed E-state index contributed by atoms with van der Waals surface area (Å²) < 4.78 is 83.3. The molecule has 0 aliphatic heterocycles. The standard InChI is InChI=1S/C23H16F6N2O2/c24-22(25,26)19(32)18-17(15-9-5-2-6-10-15)20(12-30,13-31)16(14-7-3-1-4-8-14)11-21(18,33)23(27,28)29/h1-10,16-18,33H,11H2/t16-,17+,18+,21+/m1/s1. The van der Waals surface area contributed by atoms with Gasteiger partial charge < -0.3 is 5.11 Å². The number of nitrogens with zero attached hydrogens (tertiary/aromatic N) is 2. The van der Waals surface area contributed by atoms with Crippen LogP contribution in [0.15, 0.2) is 60.7 Å². The van der Waals surface area contributed by atoms with Crippen LogP contribution in [0.1, 0.15) is 29.4 Å². The fourth-order valence-corrected chi connectivity index (χ4v) is 4.69. The second kappa shape index (κ2) is 8.20. The van der Waals surface area contributed by atoms with E-state index in [1.807, 2.05) is 0 Å². The first-order valence-corrected chi connectivity index (χ1v) is 9.66. The van der Waals surface area contributed by atoms with Gasteiger partial charge in [0.1, 0.15) is 0 Å². The van der Waals surface area contributed by atoms with Crippen molar-refractivity contribution < 1.29 is 36.2 Å². The summed E-state index contributed by atoms with van der Waals surface area (Å²) in [6.07, 6.45) is -12.9. The van der Waals surface area contributed by atoms with Gasteiger partial charge in [0.25, 0.3) is 0 Å². The van der Waals surface area contributed by atoms with Crippen molar-refractivity contribution in [1.82, 2.24) is 0 Å². The number of alkyl halides is 6. The van der Waals surface area contributed by atoms with Crippen molar-refractivity contribution in [3.8, 4) is 12.1 Å². The van der Waals surface area contributed by atoms with Gasteiger partial charge in [0.05, 0.1) is 18.1 Å². The van der Waals surface area contributed by atoms with Crippen molar-refractivity contribution in [3.63, 3.8) is 0 Å². The van der Waals surface area contributed by atoms with E-state index in [1.165, 1.54) is 48.5 Å². The Morgan fingerprint density at radius 1 is 0.879 bits per heavy atom. The first-order chi connectivity index (χ1) is 15.3. The van der Waals surface area contributed by atoms with E-state index in [1.54, 1.807) is 12.1 Å². The summed E-state index contributed by atoms with van der Waals surface area (Å²) in [6, 6.07) is 16.5. The van der Waals surface area contributed by atoms with Crippen LogP contribution in [0.5, 0.6) is 0 Å². The number of carbonyl (C=O) groups excluding carboxylic acids is 1. The lowest BCUT2D eigenvalue weighted by Crippen LogP contribution is -2.65. The maximum Gasteiger partial charge on any atom is 0.450 e. The number of benzene rings is 2. The number of aliphatic hydroxyl groups is 1. The molecule has 4 atom stereocenters. The number of ketones is 1. The topological polar surface area (TPSA) is 84.9 Å². The maximum absolute atomic E-state index is 14.2. The number of halogens is 6. The molecule has 0 radical (unpaired) electrons. The highest BCUT2D eigenvalue weighted by molar-refractivity contribution is 5.89. The molecule has 1 saturated carbocycles. The molecule has 2 aromatic rings. The first-order valence-electron chi connectivity index (χ1n) is 9.66. The quantitative estimate of drug-likeness (QED) is 0.643. The van der Waals surface area contributed by atoms with Crippen molar-refractivity contribution in [2.75, 3.05) is 0 Å². The van der Waals surface area contributed by atoms with Crippen molar-refractivity contribution in [2.24, 2.45) is 11.3 Å². The highest BCUT2D eigenvalue weighted by Crippen LogP contribution is 2.63. The smallest absolute Gasteiger partial charge is 0.380 e. The van der Waals surface area contributed by atoms with Gasteiger partial charge in [-0.05, 0) is 17.5 Å². The minimum Gasteiger partial charge on any atom is -0.380 e. The van der Waals surface area contributed by atoms with Crippen LogP contribution >= 0.6 is 0 Å². The number of hydrogen-bond acceptors (Lipinski definition) is 4. The highest BCUT2D eigenvalue weighted by Gasteiger charge is 2.74. The summed E-state index contributed by atoms with van der Waals surface area (Å²) in [6.45, 7) is 0. The van der Waals surface area contributed by atoms with Crippen molar-refractivity contribution in [2.45, 2.75) is 36.2 Å². The third-order valence-electron chi connectivity index (χ3n) is 6.19. The van der Waals surface area contributed by atoms with Gasteiger partial charge >= 0.3 is 12.4 Å². The molecule has 2 aromatic carbocycles. The fourth-order valence-electron chi connectivity index (χ4n) is 4.69. The second-order valence-corrected chi connectivity index (χ2v) is 7.91. The SMILES string of the molecule is N#CC1(C#N)[C@@H](c2ccccc2)C[C@@](O)(C(F)(F)F)[C@H](C(=O)C(F)(F)F)[C@@H]1c1ccccc1. The number of carbonyl (C=O) groups is 1. The largest absolute Gasteiger partial charge is 0.450 e. The lowest BCUT2D eigenvalue weighted by atomic mass is 9.49. The number of hydrogen-bond donors (Lipinski definition) is 1. The van der Waals surface area contributed by atoms with Crippen LogP contribution in [-0.4, -0.2) is 28.8 Å². The summed E-state index contributed by atoms with van der Waals surface area (Å²) >= 11 is 0. The minimum absolute atomic E-state index is 0.0436. The van der Waals surface area contributed by atoms with Crippen molar-refractivity contribution >= 4 is 5.78 Å². The Morgan fingerprint density at radius 2 is 1.33 bits per heavy atom. The van der Waals surface area contributed by atoms with Crippen molar-refractivity contribution in [3.05, 3.63) is 71.8 Å². The molecule has 1 N–H and O–H groups in total. The number of nitriles is 2. The summed E-state index contributed by atoms with van der Waals surface area (Å²) in [5.41, 5.74) is -6.91. The molecule has 0 unspecified atom stereocenters. The first kappa shape index (κ1) is 24.3. The summed E-state index contributed by atoms with van der Waals surface area (Å²) in [7, 11) is 0. The van der Waals surface area contributed by atoms with Crippen LogP contribution in [0, 0.1) is 34.0 Å². The molecule has 33 heavy (non-hydrogen) atoms. The molecule has 0 aromatic heterocycles. The second-order valence-electron chi connectivity index (χ2n) is 7.91. The maximum atomic E-state index is 14.2. The Labute approximate surface area is 184 Å². The molecule has 172 valence electrons. The van der Waals surface area contributed by atoms with E-state index in [9.17, 15) is 46.8 Å². The van der Waals surface area contributed by atoms with Crippen LogP contribution in [-0.2, 0) is 4.79 Å². The van der Waals surface area contributed by atoms with Gasteiger partial charge in [-0.15, -0.1) is 0 Å². The van der Waals surface area contributed by atoms with Gasteiger partial charge in [-0.2, -0.15) is 36.9 Å². The predicted octanol–water partition coefficient (Wildman–Crippen LogP) is 5.03. The molecule has 0 amide bonds. The van der Waals surface area contributed by atoms with Gasteiger partial charge in [0.15, 0.2) is 11.0 Å². The van der Waals surface area contributed by atoms with Gasteiger partial charge in [0.2, 0.25) is 5.78 Å². The molecule has 0 spiro atoms. The summed E-state index contributed by atoms with van der Waals surface area (Å²) in [5.74, 6) is -9.90. The molecule has 0 saturated heterocycles. The van der Waals surface area contributed by atoms with Gasteiger partial charge in [-0.3, -0.25) is 4.79 Å². The van der Waals surface area contributed by atoms with Gasteiger partial charge in [-0.25, -0.2) is 0 Å². The molecule has 0 heterocycles. The van der Waals surface area contributed by atoms with E-state index >= 15 is 0 Å². The van der Waals surface area contributed by atoms with Crippen LogP contribution in [0.2, 0.25) is 0 Å². The number of Topliss-reactive ketones (excluding diaryl/α,β-unsaturated/α-hetero) is 1. The monoisotopic (exact) mass is 466 g/mol. The van der Waals surface area contributed by atoms with E-state index in [4.69, 9.17) is 0 Å². The Hall–Kier alpha value is -3.37. The lowest BCUT2D eigenvalue weighted by Gasteiger charge is -2.53. The fraction of sp³-hybridized carbons (Fsp3) is 0.348. The predicted molar refractivity (Wildman–Crippen MR) is 102 cm³/mol. The molecule has 3 rings (SSSR count). The molecular formula is C23H16F6N2O2. The summed E-state index contributed by atoms with van der Waals surface area (Å²) in [4.78, 5) is 12.4. The zero-order valence-electron chi connectivity index (χ0n) is 16.7. The minimum atomic E-state index is -5.76. The van der Waals surface area contributed by atoms with Gasteiger partial charge in [0, 0.05) is 11.8 Å². The molecule has 1 fully saturated rings. The normalized spacial score (nSPS) is 27.2. The molecule has 1 aliphatic carbocycles. The van der Waals surface area contributed by atoms with E-state index in [2.05, 4.69) is 0 Å². The van der Waals surface area contributed by atoms with Crippen LogP contribution in [0.25, 0.3) is 0 Å². The Morgan fingerprint density at radius 3 is 1.73 bits per heavy atom. The molecule has 4 nitrogen and oxygen atoms in total. The molecule has 1 aliphatic rings. The number of rotatable bonds is 3. The lowest BCUT2D eigenvalue weighted by molar-refractivity contribution is -0.298. The highest BCUT2D eigenvalue weighted by atomic mass is 19.4. The van der Waals surface area contributed by atoms with E-state index < -0.39 is 53.3 Å². The third-order valence-corrected chi connectivity index (χ3v) is 6.19. The average Bonchev–Trinajstić information content (AvgIpc) is 2.78. The molecule has 0 bridgehead atoms. The molecular weight excluding hydrogens is 450 g/mol. The molecule has 10 heteroatoms. The Kier molecular flexibility index (Phi) is 6.03. The average molecular weight is 466 g/mol. The van der Waals surface area contributed by atoms with Crippen LogP contribution in [0.4, 0.5) is 26.3 Å². The Bertz CT molecular complexity index is 1090. The zero-order valence-corrected chi connectivity index (χ0v) is 16.7. The van der Waals surface area contributed by atoms with E-state index in [0.29, 0.717) is 0 Å². The van der Waals surface area contributed by atoms with Gasteiger partial charge in [-0.1, -0.05) is 60.7 Å². The third kappa shape index (κ3) is 3.85. The van der Waals surface area contributed by atoms with E-state index in [-0.39, 0.29) is 11.1 Å². The van der Waals surface area contributed by atoms with Crippen LogP contribution < -0.4 is 0 Å². The van der Waals surface area contributed by atoms with E-state index in [0.717, 1.165) is 12.1 Å². The van der Waals surface area contributed by atoms with Crippen LogP contribution in [0.3, 0.4) is 0 Å². The summed E-state index contributed by atoms with van der Waals surface area (Å²) in [5, 5.41) is 30.9. The van der Waals surface area contributed by atoms with Crippen molar-refractivity contribution in [1.29, 1.82) is 10.5 Å². The Balaban J connectivity index is 2.44.